The Bertz CT molecular complexity index is 220. The van der Waals surface area contributed by atoms with Crippen LogP contribution < -0.4 is 0 Å². The number of rotatable bonds is 4. The van der Waals surface area contributed by atoms with Crippen LogP contribution in [-0.2, 0) is 0 Å². The van der Waals surface area contributed by atoms with Crippen molar-refractivity contribution in [2.75, 3.05) is 0 Å². The summed E-state index contributed by atoms with van der Waals surface area (Å²) in [6.45, 7) is 21.3. The second kappa shape index (κ2) is 5.18. The molecule has 0 saturated carbocycles. The molecule has 0 radical (unpaired) electrons. The monoisotopic (exact) mass is 247 g/mol. The van der Waals surface area contributed by atoms with Crippen LogP contribution >= 0.6 is 7.05 Å². The van der Waals surface area contributed by atoms with Gasteiger partial charge >= 0.3 is 0 Å². The van der Waals surface area contributed by atoms with Crippen molar-refractivity contribution >= 4 is 15.3 Å². The average molecular weight is 247 g/mol. The molecule has 0 rings (SSSR count). The summed E-state index contributed by atoms with van der Waals surface area (Å²) in [4.78, 5) is 0. The maximum Gasteiger partial charge on any atom is 0.170 e. The Morgan fingerprint density at radius 3 is 1.07 bits per heavy atom. The molecule has 0 fully saturated rings. The summed E-state index contributed by atoms with van der Waals surface area (Å²) < 4.78 is 5.39. The van der Waals surface area contributed by atoms with E-state index in [1.165, 1.54) is 0 Å². The molecule has 0 aliphatic rings. The smallest absolute Gasteiger partial charge is 0.170 e. The molecule has 15 heavy (non-hydrogen) atoms. The Hall–Kier alpha value is 0.447. The molecule has 92 valence electrons. The van der Waals surface area contributed by atoms with E-state index in [-0.39, 0.29) is 0 Å². The molecule has 0 aromatic carbocycles. The molecular formula is C12H30NPSi. The van der Waals surface area contributed by atoms with Crippen molar-refractivity contribution < 1.29 is 0 Å². The first-order chi connectivity index (χ1) is 6.54. The van der Waals surface area contributed by atoms with Crippen molar-refractivity contribution in [1.29, 1.82) is 0 Å². The Balaban J connectivity index is 5.65. The standard InChI is InChI=1S/C12H30NPSi/c1-10(2)14(11(3)4,12(5)6)13-15(7,8)9/h10-12H,1-9H3. The van der Waals surface area contributed by atoms with Gasteiger partial charge in [0.1, 0.15) is 0 Å². The third-order valence-corrected chi connectivity index (χ3v) is 11.7. The Labute approximate surface area is 98.2 Å². The van der Waals surface area contributed by atoms with Crippen LogP contribution in [0.4, 0.5) is 0 Å². The number of hydrogen-bond donors (Lipinski definition) is 0. The van der Waals surface area contributed by atoms with Crippen molar-refractivity contribution in [2.45, 2.75) is 78.2 Å². The molecule has 0 atom stereocenters. The van der Waals surface area contributed by atoms with Crippen LogP contribution in [0.3, 0.4) is 0 Å². The first-order valence-corrected chi connectivity index (χ1v) is 11.6. The lowest BCUT2D eigenvalue weighted by molar-refractivity contribution is 0.926. The summed E-state index contributed by atoms with van der Waals surface area (Å²) in [6.07, 6.45) is 0. The summed E-state index contributed by atoms with van der Waals surface area (Å²) in [5, 5.41) is 0. The van der Waals surface area contributed by atoms with E-state index >= 15 is 0 Å². The van der Waals surface area contributed by atoms with E-state index in [2.05, 4.69) is 61.2 Å². The molecule has 0 amide bonds. The molecule has 0 unspecified atom stereocenters. The highest BCUT2D eigenvalue weighted by Gasteiger charge is 2.33. The van der Waals surface area contributed by atoms with Gasteiger partial charge in [-0.3, -0.25) is 0 Å². The minimum absolute atomic E-state index is 0.740. The van der Waals surface area contributed by atoms with Crippen LogP contribution in [0.15, 0.2) is 4.41 Å². The molecule has 3 heteroatoms. The molecule has 0 bridgehead atoms. The van der Waals surface area contributed by atoms with Crippen molar-refractivity contribution in [3.05, 3.63) is 0 Å². The van der Waals surface area contributed by atoms with Crippen LogP contribution in [0.5, 0.6) is 0 Å². The van der Waals surface area contributed by atoms with Crippen LogP contribution in [0.1, 0.15) is 41.5 Å². The largest absolute Gasteiger partial charge is 0.337 e. The summed E-state index contributed by atoms with van der Waals surface area (Å²) in [6, 6.07) is 0. The predicted octanol–water partition coefficient (Wildman–Crippen LogP) is 5.25. The van der Waals surface area contributed by atoms with E-state index in [9.17, 15) is 0 Å². The molecule has 0 spiro atoms. The first kappa shape index (κ1) is 15.4. The van der Waals surface area contributed by atoms with E-state index in [4.69, 9.17) is 4.41 Å². The molecule has 0 N–H and O–H groups in total. The van der Waals surface area contributed by atoms with Gasteiger partial charge in [-0.15, -0.1) is 0 Å². The van der Waals surface area contributed by atoms with Crippen LogP contribution in [0.25, 0.3) is 0 Å². The van der Waals surface area contributed by atoms with Gasteiger partial charge in [-0.2, -0.15) is 0 Å². The molecule has 0 heterocycles. The highest BCUT2D eigenvalue weighted by atomic mass is 31.2. The van der Waals surface area contributed by atoms with E-state index in [0.717, 1.165) is 17.0 Å². The maximum absolute atomic E-state index is 5.39. The molecule has 0 aliphatic heterocycles. The minimum Gasteiger partial charge on any atom is -0.337 e. The minimum atomic E-state index is -1.31. The lowest BCUT2D eigenvalue weighted by atomic mass is 10.5. The van der Waals surface area contributed by atoms with Crippen molar-refractivity contribution in [1.82, 2.24) is 0 Å². The van der Waals surface area contributed by atoms with Crippen LogP contribution in [0, 0.1) is 0 Å². The fraction of sp³-hybridized carbons (Fsp3) is 1.00. The Morgan fingerprint density at radius 1 is 0.733 bits per heavy atom. The van der Waals surface area contributed by atoms with Gasteiger partial charge < -0.3 is 4.41 Å². The van der Waals surface area contributed by atoms with E-state index in [1.807, 2.05) is 0 Å². The number of hydrogen-bond acceptors (Lipinski definition) is 1. The van der Waals surface area contributed by atoms with E-state index < -0.39 is 15.3 Å². The zero-order valence-electron chi connectivity index (χ0n) is 12.1. The number of nitrogens with zero attached hydrogens (tertiary/aromatic N) is 1. The second-order valence-corrected chi connectivity index (χ2v) is 16.2. The summed E-state index contributed by atoms with van der Waals surface area (Å²) in [5.74, 6) is 0. The van der Waals surface area contributed by atoms with Gasteiger partial charge in [0.05, 0.1) is 0 Å². The zero-order chi connectivity index (χ0) is 12.4. The molecule has 1 nitrogen and oxygen atoms in total. The fourth-order valence-corrected chi connectivity index (χ4v) is 13.2. The topological polar surface area (TPSA) is 12.4 Å². The fourth-order valence-electron chi connectivity index (χ4n) is 2.65. The second-order valence-electron chi connectivity index (χ2n) is 6.35. The van der Waals surface area contributed by atoms with E-state index in [1.54, 1.807) is 0 Å². The quantitative estimate of drug-likeness (QED) is 0.475. The van der Waals surface area contributed by atoms with Crippen molar-refractivity contribution in [2.24, 2.45) is 4.41 Å². The van der Waals surface area contributed by atoms with Gasteiger partial charge in [0.25, 0.3) is 0 Å². The van der Waals surface area contributed by atoms with Gasteiger partial charge in [0, 0.05) is 0 Å². The summed E-state index contributed by atoms with van der Waals surface area (Å²) in [7, 11) is -2.45. The third kappa shape index (κ3) is 3.74. The first-order valence-electron chi connectivity index (χ1n) is 6.16. The van der Waals surface area contributed by atoms with E-state index in [0.29, 0.717) is 0 Å². The molecule has 0 aromatic rings. The SMILES string of the molecule is CC(C)P(=N[Si](C)(C)C)(C(C)C)C(C)C. The normalized spacial score (nSPS) is 14.1. The van der Waals surface area contributed by atoms with Gasteiger partial charge in [0.2, 0.25) is 0 Å². The predicted molar refractivity (Wildman–Crippen MR) is 78.1 cm³/mol. The lowest BCUT2D eigenvalue weighted by Crippen LogP contribution is -2.24. The van der Waals surface area contributed by atoms with Crippen LogP contribution in [0.2, 0.25) is 19.6 Å². The van der Waals surface area contributed by atoms with Gasteiger partial charge in [-0.05, 0) is 24.0 Å². The van der Waals surface area contributed by atoms with Gasteiger partial charge in [0.15, 0.2) is 8.24 Å². The molecular weight excluding hydrogens is 217 g/mol. The highest BCUT2D eigenvalue weighted by molar-refractivity contribution is 7.69. The average Bonchev–Trinajstić information content (AvgIpc) is 1.96. The molecule has 0 aliphatic carbocycles. The Morgan fingerprint density at radius 2 is 1.00 bits per heavy atom. The zero-order valence-corrected chi connectivity index (χ0v) is 14.0. The van der Waals surface area contributed by atoms with Crippen molar-refractivity contribution in [3.63, 3.8) is 0 Å². The Kier molecular flexibility index (Phi) is 5.34. The summed E-state index contributed by atoms with van der Waals surface area (Å²) >= 11 is 0. The van der Waals surface area contributed by atoms with Gasteiger partial charge in [-0.25, -0.2) is 0 Å². The van der Waals surface area contributed by atoms with Crippen LogP contribution in [-0.4, -0.2) is 25.2 Å². The van der Waals surface area contributed by atoms with Crippen molar-refractivity contribution in [3.8, 4) is 0 Å². The van der Waals surface area contributed by atoms with Gasteiger partial charge in [-0.1, -0.05) is 61.2 Å². The molecule has 0 aromatic heterocycles. The lowest BCUT2D eigenvalue weighted by Gasteiger charge is -2.39. The highest BCUT2D eigenvalue weighted by Crippen LogP contribution is 2.62. The molecule has 0 saturated heterocycles. The third-order valence-electron chi connectivity index (χ3n) is 2.95. The summed E-state index contributed by atoms with van der Waals surface area (Å²) in [5.41, 5.74) is 2.22. The maximum atomic E-state index is 5.39.